The van der Waals surface area contributed by atoms with Gasteiger partial charge in [0, 0.05) is 11.6 Å². The van der Waals surface area contributed by atoms with E-state index < -0.39 is 56.5 Å². The highest BCUT2D eigenvalue weighted by Crippen LogP contribution is 2.48. The third-order valence-corrected chi connectivity index (χ3v) is 9.30. The van der Waals surface area contributed by atoms with Crippen LogP contribution in [0.5, 0.6) is 5.75 Å². The molecule has 2 aromatic carbocycles. The van der Waals surface area contributed by atoms with Crippen molar-refractivity contribution in [1.29, 1.82) is 0 Å². The van der Waals surface area contributed by atoms with Gasteiger partial charge in [0.05, 0.1) is 12.7 Å². The molecule has 3 unspecified atom stereocenters. The Balaban J connectivity index is 1.43. The first-order valence-corrected chi connectivity index (χ1v) is 16.7. The summed E-state index contributed by atoms with van der Waals surface area (Å²) in [6, 6.07) is 14.9. The zero-order chi connectivity index (χ0) is 33.2. The molecule has 2 fully saturated rings. The molecular weight excluding hydrogens is 613 g/mol. The van der Waals surface area contributed by atoms with Crippen molar-refractivity contribution in [2.45, 2.75) is 84.5 Å². The van der Waals surface area contributed by atoms with Crippen LogP contribution in [0.1, 0.15) is 65.9 Å². The molecule has 0 bridgehead atoms. The molecule has 12 nitrogen and oxygen atoms in total. The standard InChI is InChI=1S/C33H40N3O9P/c1-19(2)41-32(38)23(6)35-46(39,45-25-12-8-7-9-13-25)40-18-26-28-29(31(42-26)36-14-10-11-24(17-36)30(34)37)44-33(43-28)27-21(4)15-20(3)16-22(27)5/h7-17,19,23,26,28-29,31,33H,18H2,1-6H3,(H2-,34,35,37,39)/p+1/t23-,26+,28+,29+,31?,33?,46?/m0/s1. The molecule has 7 atom stereocenters. The van der Waals surface area contributed by atoms with E-state index in [4.69, 9.17) is 33.7 Å². The van der Waals surface area contributed by atoms with Crippen molar-refractivity contribution in [2.24, 2.45) is 5.73 Å². The van der Waals surface area contributed by atoms with E-state index in [1.165, 1.54) is 6.92 Å². The number of primary amides is 1. The van der Waals surface area contributed by atoms with E-state index in [1.807, 2.05) is 20.8 Å². The number of nitrogens with two attached hydrogens (primary N) is 1. The van der Waals surface area contributed by atoms with Gasteiger partial charge in [0.25, 0.3) is 12.1 Å². The number of aryl methyl sites for hydroxylation is 3. The minimum absolute atomic E-state index is 0.251. The lowest BCUT2D eigenvalue weighted by Gasteiger charge is -2.25. The summed E-state index contributed by atoms with van der Waals surface area (Å²) >= 11 is 0. The molecule has 3 aromatic rings. The van der Waals surface area contributed by atoms with E-state index in [2.05, 4.69) is 17.2 Å². The molecule has 2 aliphatic rings. The Morgan fingerprint density at radius 3 is 2.30 bits per heavy atom. The molecule has 3 heterocycles. The quantitative estimate of drug-likeness (QED) is 0.162. The van der Waals surface area contributed by atoms with E-state index in [0.29, 0.717) is 0 Å². The second kappa shape index (κ2) is 14.0. The number of pyridine rings is 1. The van der Waals surface area contributed by atoms with Crippen LogP contribution in [0.4, 0.5) is 0 Å². The minimum atomic E-state index is -4.19. The number of rotatable bonds is 12. The summed E-state index contributed by atoms with van der Waals surface area (Å²) in [4.78, 5) is 24.6. The van der Waals surface area contributed by atoms with Crippen LogP contribution < -0.4 is 19.9 Å². The molecule has 246 valence electrons. The molecule has 2 aliphatic heterocycles. The molecule has 0 aliphatic carbocycles. The van der Waals surface area contributed by atoms with Gasteiger partial charge in [0.2, 0.25) is 0 Å². The normalized spacial score (nSPS) is 24.3. The Morgan fingerprint density at radius 1 is 0.978 bits per heavy atom. The predicted octanol–water partition coefficient (Wildman–Crippen LogP) is 4.51. The van der Waals surface area contributed by atoms with E-state index in [0.717, 1.165) is 22.3 Å². The molecule has 0 radical (unpaired) electrons. The molecule has 13 heteroatoms. The van der Waals surface area contributed by atoms with Gasteiger partial charge in [-0.1, -0.05) is 35.9 Å². The number of ether oxygens (including phenoxy) is 4. The first kappa shape index (κ1) is 33.7. The Hall–Kier alpha value is -3.64. The second-order valence-corrected chi connectivity index (χ2v) is 13.5. The number of benzene rings is 2. The van der Waals surface area contributed by atoms with Crippen molar-refractivity contribution >= 4 is 19.6 Å². The monoisotopic (exact) mass is 654 g/mol. The number of esters is 1. The van der Waals surface area contributed by atoms with Crippen molar-refractivity contribution in [2.75, 3.05) is 6.61 Å². The lowest BCUT2D eigenvalue weighted by Crippen LogP contribution is -2.46. The highest BCUT2D eigenvalue weighted by molar-refractivity contribution is 7.52. The molecule has 1 aromatic heterocycles. The van der Waals surface area contributed by atoms with Crippen LogP contribution in [0.3, 0.4) is 0 Å². The van der Waals surface area contributed by atoms with Crippen LogP contribution in [-0.4, -0.2) is 48.9 Å². The molecule has 2 saturated heterocycles. The maximum atomic E-state index is 14.2. The number of hydrogen-bond donors (Lipinski definition) is 2. The number of nitrogens with zero attached hydrogens (tertiary/aromatic N) is 1. The number of amides is 1. The summed E-state index contributed by atoms with van der Waals surface area (Å²) < 4.78 is 52.4. The fourth-order valence-corrected chi connectivity index (χ4v) is 7.21. The van der Waals surface area contributed by atoms with Crippen molar-refractivity contribution < 1.29 is 46.7 Å². The maximum Gasteiger partial charge on any atom is 0.459 e. The number of carbonyl (C=O) groups is 2. The first-order chi connectivity index (χ1) is 21.8. The van der Waals surface area contributed by atoms with Crippen LogP contribution in [0, 0.1) is 20.8 Å². The zero-order valence-electron chi connectivity index (χ0n) is 26.7. The van der Waals surface area contributed by atoms with Gasteiger partial charge in [-0.3, -0.25) is 14.1 Å². The average molecular weight is 655 g/mol. The van der Waals surface area contributed by atoms with Gasteiger partial charge in [0.15, 0.2) is 24.8 Å². The first-order valence-electron chi connectivity index (χ1n) is 15.2. The SMILES string of the molecule is Cc1cc(C)c(C2O[C@@H]3[C@@H](COP(=O)(N[C@@H](C)C(=O)OC(C)C)Oc4ccccc4)OC([n+]4cccc(C(N)=O)c4)[C@@H]3O2)c(C)c1. The third kappa shape index (κ3) is 7.66. The molecule has 0 saturated carbocycles. The number of hydrogen-bond acceptors (Lipinski definition) is 9. The predicted molar refractivity (Wildman–Crippen MR) is 167 cm³/mol. The number of para-hydroxylation sites is 1. The van der Waals surface area contributed by atoms with Gasteiger partial charge in [-0.2, -0.15) is 9.65 Å². The van der Waals surface area contributed by atoms with Gasteiger partial charge in [0.1, 0.15) is 29.6 Å². The van der Waals surface area contributed by atoms with Crippen LogP contribution >= 0.6 is 7.75 Å². The van der Waals surface area contributed by atoms with Crippen molar-refractivity contribution in [3.05, 3.63) is 94.8 Å². The van der Waals surface area contributed by atoms with Gasteiger partial charge in [-0.05, 0) is 70.9 Å². The van der Waals surface area contributed by atoms with Crippen LogP contribution in [0.25, 0.3) is 0 Å². The Bertz CT molecular complexity index is 1600. The fourth-order valence-electron chi connectivity index (χ4n) is 5.71. The summed E-state index contributed by atoms with van der Waals surface area (Å²) in [5.74, 6) is -0.931. The molecule has 46 heavy (non-hydrogen) atoms. The number of aromatic nitrogens is 1. The summed E-state index contributed by atoms with van der Waals surface area (Å²) in [6.45, 7) is 10.7. The minimum Gasteiger partial charge on any atom is -0.462 e. The van der Waals surface area contributed by atoms with Crippen LogP contribution in [-0.2, 0) is 32.8 Å². The fraction of sp³-hybridized carbons (Fsp3) is 0.424. The summed E-state index contributed by atoms with van der Waals surface area (Å²) in [5.41, 5.74) is 9.90. The molecule has 0 spiro atoms. The maximum absolute atomic E-state index is 14.2. The van der Waals surface area contributed by atoms with E-state index >= 15 is 0 Å². The molecule has 3 N–H and O–H groups in total. The smallest absolute Gasteiger partial charge is 0.459 e. The van der Waals surface area contributed by atoms with Gasteiger partial charge in [-0.25, -0.2) is 4.57 Å². The Labute approximate surface area is 268 Å². The zero-order valence-corrected chi connectivity index (χ0v) is 27.6. The van der Waals surface area contributed by atoms with Crippen molar-refractivity contribution in [3.63, 3.8) is 0 Å². The highest BCUT2D eigenvalue weighted by Gasteiger charge is 2.58. The summed E-state index contributed by atoms with van der Waals surface area (Å²) in [7, 11) is -4.19. The van der Waals surface area contributed by atoms with E-state index in [9.17, 15) is 14.2 Å². The number of fused-ring (bicyclic) bond motifs is 1. The third-order valence-electron chi connectivity index (χ3n) is 7.66. The molecular formula is C33H41N3O9P+. The Kier molecular flexibility index (Phi) is 10.3. The molecule has 1 amide bonds. The van der Waals surface area contributed by atoms with Gasteiger partial charge < -0.3 is 29.2 Å². The molecule has 5 rings (SSSR count). The largest absolute Gasteiger partial charge is 0.462 e. The second-order valence-electron chi connectivity index (χ2n) is 11.8. The Morgan fingerprint density at radius 2 is 1.65 bits per heavy atom. The van der Waals surface area contributed by atoms with Gasteiger partial charge in [-0.15, -0.1) is 0 Å². The average Bonchev–Trinajstić information content (AvgIpc) is 3.55. The van der Waals surface area contributed by atoms with Crippen molar-refractivity contribution in [3.8, 4) is 5.75 Å². The van der Waals surface area contributed by atoms with Crippen LogP contribution in [0.15, 0.2) is 67.0 Å². The lowest BCUT2D eigenvalue weighted by molar-refractivity contribution is -0.766. The topological polar surface area (TPSA) is 149 Å². The van der Waals surface area contributed by atoms with E-state index in [-0.39, 0.29) is 24.0 Å². The number of nitrogens with one attached hydrogen (secondary N) is 1. The van der Waals surface area contributed by atoms with Gasteiger partial charge >= 0.3 is 13.7 Å². The summed E-state index contributed by atoms with van der Waals surface area (Å²) in [5, 5.41) is 2.70. The highest BCUT2D eigenvalue weighted by atomic mass is 31.2. The summed E-state index contributed by atoms with van der Waals surface area (Å²) in [6.07, 6.45) is -0.572. The van der Waals surface area contributed by atoms with E-state index in [1.54, 1.807) is 73.3 Å². The van der Waals surface area contributed by atoms with Crippen LogP contribution in [0.2, 0.25) is 0 Å². The van der Waals surface area contributed by atoms with Crippen molar-refractivity contribution in [1.82, 2.24) is 5.09 Å². The lowest BCUT2D eigenvalue weighted by atomic mass is 9.99. The number of carbonyl (C=O) groups excluding carboxylic acids is 2.